The van der Waals surface area contributed by atoms with Crippen LogP contribution in [0.3, 0.4) is 0 Å². The van der Waals surface area contributed by atoms with Gasteiger partial charge in [0.1, 0.15) is 11.3 Å². The van der Waals surface area contributed by atoms with Crippen LogP contribution in [-0.2, 0) is 4.74 Å². The molecule has 1 aliphatic heterocycles. The molecule has 0 fully saturated rings. The van der Waals surface area contributed by atoms with E-state index in [9.17, 15) is 4.79 Å². The number of anilines is 1. The van der Waals surface area contributed by atoms with E-state index in [1.165, 1.54) is 0 Å². The lowest BCUT2D eigenvalue weighted by Crippen LogP contribution is -2.27. The number of carbonyl (C=O) groups is 1. The number of fused-ring (bicyclic) bond motifs is 2. The lowest BCUT2D eigenvalue weighted by Gasteiger charge is -2.22. The number of aromatic nitrogens is 3. The Morgan fingerprint density at radius 1 is 1.19 bits per heavy atom. The molecule has 0 bridgehead atoms. The highest BCUT2D eigenvalue weighted by molar-refractivity contribution is 6.01. The van der Waals surface area contributed by atoms with E-state index in [-0.39, 0.29) is 17.5 Å². The maximum absolute atomic E-state index is 12.6. The highest BCUT2D eigenvalue weighted by atomic mass is 16.5. The summed E-state index contributed by atoms with van der Waals surface area (Å²) in [6.07, 6.45) is 5.29. The summed E-state index contributed by atoms with van der Waals surface area (Å²) in [6, 6.07) is 7.53. The van der Waals surface area contributed by atoms with Gasteiger partial charge in [-0.3, -0.25) is 4.79 Å². The Labute approximate surface area is 213 Å². The first-order valence-electron chi connectivity index (χ1n) is 12.3. The van der Waals surface area contributed by atoms with Crippen molar-refractivity contribution in [3.05, 3.63) is 78.2 Å². The van der Waals surface area contributed by atoms with Crippen molar-refractivity contribution < 1.29 is 9.53 Å². The highest BCUT2D eigenvalue weighted by Gasteiger charge is 2.31. The van der Waals surface area contributed by atoms with Crippen molar-refractivity contribution in [3.63, 3.8) is 0 Å². The van der Waals surface area contributed by atoms with Crippen LogP contribution in [0.25, 0.3) is 22.3 Å². The van der Waals surface area contributed by atoms with Crippen molar-refractivity contribution in [2.24, 2.45) is 0 Å². The first-order chi connectivity index (χ1) is 17.2. The van der Waals surface area contributed by atoms with Crippen molar-refractivity contribution in [1.82, 2.24) is 20.3 Å². The summed E-state index contributed by atoms with van der Waals surface area (Å²) in [7, 11) is 0. The maximum atomic E-state index is 12.6. The molecule has 3 N–H and O–H groups in total. The van der Waals surface area contributed by atoms with Gasteiger partial charge in [0.25, 0.3) is 5.91 Å². The zero-order valence-electron chi connectivity index (χ0n) is 22.2. The van der Waals surface area contributed by atoms with Crippen molar-refractivity contribution in [3.8, 4) is 11.3 Å². The Hall–Kier alpha value is -3.71. The van der Waals surface area contributed by atoms with Gasteiger partial charge in [-0.1, -0.05) is 57.4 Å². The van der Waals surface area contributed by atoms with E-state index in [1.807, 2.05) is 51.1 Å². The van der Waals surface area contributed by atoms with Gasteiger partial charge in [-0.2, -0.15) is 0 Å². The number of nitrogens with one attached hydrogen (secondary N) is 3. The summed E-state index contributed by atoms with van der Waals surface area (Å²) in [4.78, 5) is 25.7. The summed E-state index contributed by atoms with van der Waals surface area (Å²) >= 11 is 0. The number of hydrogen-bond acceptors (Lipinski definition) is 5. The predicted octanol–water partition coefficient (Wildman–Crippen LogP) is 6.27. The lowest BCUT2D eigenvalue weighted by atomic mass is 10.1. The second-order valence-electron chi connectivity index (χ2n) is 9.44. The van der Waals surface area contributed by atoms with E-state index >= 15 is 0 Å². The second kappa shape index (κ2) is 11.4. The third-order valence-electron chi connectivity index (χ3n) is 5.55. The Morgan fingerprint density at radius 2 is 1.94 bits per heavy atom. The average molecular weight is 488 g/mol. The molecule has 1 atom stereocenters. The third kappa shape index (κ3) is 5.91. The van der Waals surface area contributed by atoms with Gasteiger partial charge in [0.2, 0.25) is 0 Å². The highest BCUT2D eigenvalue weighted by Crippen LogP contribution is 2.34. The van der Waals surface area contributed by atoms with Crippen LogP contribution in [0.5, 0.6) is 0 Å². The van der Waals surface area contributed by atoms with Gasteiger partial charge in [-0.15, -0.1) is 0 Å². The Kier molecular flexibility index (Phi) is 8.48. The number of ether oxygens (including phenoxy) is 1. The fraction of sp³-hybridized carbons (Fsp3) is 0.345. The molecule has 7 nitrogen and oxygen atoms in total. The summed E-state index contributed by atoms with van der Waals surface area (Å²) < 4.78 is 5.84. The minimum Gasteiger partial charge on any atom is -0.374 e. The number of benzene rings is 1. The standard InChI is InChI=1S/C27H31N5O2.C2H6/c1-7-10-17(8-2)14-34-15-22-24-19(26(33)30-22)13-21(29-24)18-11-9-12-20-23(18)31-25(16(3)28-20)32-27(4,5)6;1-2/h7-13,22,29H,1-2,14-15H2,3-6H3,(H,30,33)(H,31,32);1-2H3/b17-10+;. The van der Waals surface area contributed by atoms with E-state index in [4.69, 9.17) is 14.7 Å². The first kappa shape index (κ1) is 26.9. The van der Waals surface area contributed by atoms with E-state index < -0.39 is 0 Å². The monoisotopic (exact) mass is 487 g/mol. The van der Waals surface area contributed by atoms with Crippen LogP contribution in [-0.4, -0.2) is 39.6 Å². The Bertz CT molecular complexity index is 1300. The van der Waals surface area contributed by atoms with E-state index in [1.54, 1.807) is 12.2 Å². The number of hydrogen-bond donors (Lipinski definition) is 3. The minimum atomic E-state index is -0.257. The molecule has 0 saturated heterocycles. The molecular formula is C29H37N5O2. The zero-order chi connectivity index (χ0) is 26.5. The molecule has 36 heavy (non-hydrogen) atoms. The fourth-order valence-corrected chi connectivity index (χ4v) is 3.99. The topological polar surface area (TPSA) is 91.9 Å². The van der Waals surface area contributed by atoms with E-state index in [0.29, 0.717) is 18.8 Å². The first-order valence-corrected chi connectivity index (χ1v) is 12.3. The van der Waals surface area contributed by atoms with Gasteiger partial charge in [0, 0.05) is 16.8 Å². The predicted molar refractivity (Wildman–Crippen MR) is 148 cm³/mol. The van der Waals surface area contributed by atoms with E-state index in [0.717, 1.165) is 45.1 Å². The molecule has 1 aromatic carbocycles. The number of carbonyl (C=O) groups excluding carboxylic acids is 1. The van der Waals surface area contributed by atoms with Crippen LogP contribution in [0, 0.1) is 6.92 Å². The summed E-state index contributed by atoms with van der Waals surface area (Å²) in [6.45, 7) is 20.4. The van der Waals surface area contributed by atoms with Crippen LogP contribution in [0.1, 0.15) is 62.4 Å². The quantitative estimate of drug-likeness (QED) is 0.326. The number of rotatable bonds is 8. The van der Waals surface area contributed by atoms with Crippen LogP contribution >= 0.6 is 0 Å². The van der Waals surface area contributed by atoms with Crippen LogP contribution in [0.2, 0.25) is 0 Å². The summed E-state index contributed by atoms with van der Waals surface area (Å²) in [5.41, 5.74) is 6.37. The fourth-order valence-electron chi connectivity index (χ4n) is 3.99. The zero-order valence-corrected chi connectivity index (χ0v) is 22.2. The van der Waals surface area contributed by atoms with Gasteiger partial charge in [-0.25, -0.2) is 9.97 Å². The molecule has 3 heterocycles. The number of aromatic amines is 1. The second-order valence-corrected chi connectivity index (χ2v) is 9.44. The van der Waals surface area contributed by atoms with Crippen LogP contribution in [0.15, 0.2) is 61.2 Å². The minimum absolute atomic E-state index is 0.117. The summed E-state index contributed by atoms with van der Waals surface area (Å²) in [5, 5.41) is 6.42. The Balaban J connectivity index is 0.00000176. The molecule has 3 aromatic rings. The molecule has 4 rings (SSSR count). The van der Waals surface area contributed by atoms with Crippen molar-refractivity contribution in [2.75, 3.05) is 18.5 Å². The van der Waals surface area contributed by atoms with E-state index in [2.05, 4.69) is 49.5 Å². The number of allylic oxidation sites excluding steroid dienone is 2. The molecule has 7 heteroatoms. The van der Waals surface area contributed by atoms with Crippen molar-refractivity contribution in [2.45, 2.75) is 53.1 Å². The average Bonchev–Trinajstić information content (AvgIpc) is 3.40. The number of para-hydroxylation sites is 1. The molecule has 0 aliphatic carbocycles. The number of nitrogens with zero attached hydrogens (tertiary/aromatic N) is 2. The summed E-state index contributed by atoms with van der Waals surface area (Å²) in [5.74, 6) is 0.634. The SMILES string of the molecule is C=C/C=C(\C=C)COCC1NC(=O)c2cc(-c3cccc4nc(C)c(NC(C)(C)C)nc34)[nH]c21.CC. The number of H-pyrrole nitrogens is 1. The van der Waals surface area contributed by atoms with Gasteiger partial charge in [0.15, 0.2) is 0 Å². The molecule has 1 amide bonds. The van der Waals surface area contributed by atoms with Crippen molar-refractivity contribution >= 4 is 22.8 Å². The molecule has 1 unspecified atom stereocenters. The van der Waals surface area contributed by atoms with Crippen LogP contribution < -0.4 is 10.6 Å². The largest absolute Gasteiger partial charge is 0.374 e. The normalized spacial score (nSPS) is 15.1. The maximum Gasteiger partial charge on any atom is 0.253 e. The van der Waals surface area contributed by atoms with Gasteiger partial charge in [-0.05, 0) is 45.4 Å². The molecule has 2 aromatic heterocycles. The lowest BCUT2D eigenvalue weighted by molar-refractivity contribution is 0.0907. The Morgan fingerprint density at radius 3 is 2.61 bits per heavy atom. The molecule has 1 aliphatic rings. The molecule has 0 saturated carbocycles. The third-order valence-corrected chi connectivity index (χ3v) is 5.55. The number of amides is 1. The smallest absolute Gasteiger partial charge is 0.253 e. The molecule has 190 valence electrons. The van der Waals surface area contributed by atoms with Gasteiger partial charge < -0.3 is 20.4 Å². The van der Waals surface area contributed by atoms with Crippen LogP contribution in [0.4, 0.5) is 5.82 Å². The van der Waals surface area contributed by atoms with Gasteiger partial charge >= 0.3 is 0 Å². The molecular weight excluding hydrogens is 450 g/mol. The van der Waals surface area contributed by atoms with Gasteiger partial charge in [0.05, 0.1) is 41.7 Å². The molecule has 0 spiro atoms. The van der Waals surface area contributed by atoms with Crippen molar-refractivity contribution in [1.29, 1.82) is 0 Å². The molecule has 0 radical (unpaired) electrons. The number of aryl methyl sites for hydroxylation is 1.